The van der Waals surface area contributed by atoms with Gasteiger partial charge in [0.2, 0.25) is 0 Å². The molecule has 0 aliphatic carbocycles. The van der Waals surface area contributed by atoms with Gasteiger partial charge >= 0.3 is 0 Å². The highest BCUT2D eigenvalue weighted by Gasteiger charge is 2.34. The number of hydrogen-bond donors (Lipinski definition) is 0. The first-order valence-corrected chi connectivity index (χ1v) is 9.17. The fourth-order valence-electron chi connectivity index (χ4n) is 3.14. The Morgan fingerprint density at radius 2 is 1.80 bits per heavy atom. The molecule has 2 amide bonds. The highest BCUT2D eigenvalue weighted by molar-refractivity contribution is 8.18. The quantitative estimate of drug-likeness (QED) is 0.749. The molecule has 1 aromatic rings. The van der Waals surface area contributed by atoms with Crippen molar-refractivity contribution in [3.63, 3.8) is 0 Å². The molecule has 2 heterocycles. The topological polar surface area (TPSA) is 59.1 Å². The maximum absolute atomic E-state index is 12.3. The first-order valence-electron chi connectivity index (χ1n) is 8.35. The van der Waals surface area contributed by atoms with Crippen LogP contribution in [0.15, 0.2) is 17.0 Å². The number of imide groups is 1. The molecule has 0 aromatic heterocycles. The number of amides is 2. The SMILES string of the molecule is CCN1C(=O)S/C(=C/c2cc(OC)c(N3CCCC3)cc2OC)C1=O. The van der Waals surface area contributed by atoms with E-state index in [9.17, 15) is 9.59 Å². The Kier molecular flexibility index (Phi) is 5.22. The van der Waals surface area contributed by atoms with Crippen molar-refractivity contribution in [2.24, 2.45) is 0 Å². The zero-order valence-electron chi connectivity index (χ0n) is 14.7. The summed E-state index contributed by atoms with van der Waals surface area (Å²) in [4.78, 5) is 28.1. The van der Waals surface area contributed by atoms with E-state index in [1.165, 1.54) is 4.90 Å². The molecule has 3 rings (SSSR count). The van der Waals surface area contributed by atoms with Gasteiger partial charge in [-0.2, -0.15) is 0 Å². The van der Waals surface area contributed by atoms with E-state index < -0.39 is 0 Å². The van der Waals surface area contributed by atoms with Crippen LogP contribution in [0.25, 0.3) is 6.08 Å². The van der Waals surface area contributed by atoms with Gasteiger partial charge < -0.3 is 14.4 Å². The molecular weight excluding hydrogens is 340 g/mol. The lowest BCUT2D eigenvalue weighted by Crippen LogP contribution is -2.27. The fourth-order valence-corrected chi connectivity index (χ4v) is 4.03. The Morgan fingerprint density at radius 3 is 2.36 bits per heavy atom. The summed E-state index contributed by atoms with van der Waals surface area (Å²) >= 11 is 0.955. The van der Waals surface area contributed by atoms with E-state index in [1.54, 1.807) is 27.2 Å². The highest BCUT2D eigenvalue weighted by Crippen LogP contribution is 2.40. The van der Waals surface area contributed by atoms with Crippen molar-refractivity contribution in [3.05, 3.63) is 22.6 Å². The Morgan fingerprint density at radius 1 is 1.12 bits per heavy atom. The highest BCUT2D eigenvalue weighted by atomic mass is 32.2. The van der Waals surface area contributed by atoms with Crippen molar-refractivity contribution in [3.8, 4) is 11.5 Å². The number of carbonyl (C=O) groups excluding carboxylic acids is 2. The van der Waals surface area contributed by atoms with Crippen molar-refractivity contribution >= 4 is 34.7 Å². The number of nitrogens with zero attached hydrogens (tertiary/aromatic N) is 2. The van der Waals surface area contributed by atoms with E-state index in [1.807, 2.05) is 12.1 Å². The Hall–Kier alpha value is -2.15. The predicted octanol–water partition coefficient (Wildman–Crippen LogP) is 3.36. The summed E-state index contributed by atoms with van der Waals surface area (Å²) in [5.41, 5.74) is 1.72. The minimum absolute atomic E-state index is 0.238. The third kappa shape index (κ3) is 3.33. The fraction of sp³-hybridized carbons (Fsp3) is 0.444. The number of likely N-dealkylation sites (N-methyl/N-ethyl adjacent to an activating group) is 1. The molecule has 0 spiro atoms. The van der Waals surface area contributed by atoms with Crippen LogP contribution in [0.2, 0.25) is 0 Å². The number of hydrogen-bond acceptors (Lipinski definition) is 6. The summed E-state index contributed by atoms with van der Waals surface area (Å²) in [7, 11) is 3.24. The van der Waals surface area contributed by atoms with Gasteiger partial charge in [-0.3, -0.25) is 14.5 Å². The van der Waals surface area contributed by atoms with Gasteiger partial charge in [-0.1, -0.05) is 0 Å². The molecule has 2 fully saturated rings. The van der Waals surface area contributed by atoms with E-state index in [0.29, 0.717) is 17.2 Å². The number of thioether (sulfide) groups is 1. The third-order valence-corrected chi connectivity index (χ3v) is 5.36. The third-order valence-electron chi connectivity index (χ3n) is 4.45. The molecule has 134 valence electrons. The second-order valence-electron chi connectivity index (χ2n) is 5.89. The van der Waals surface area contributed by atoms with Gasteiger partial charge in [0.25, 0.3) is 11.1 Å². The predicted molar refractivity (Wildman–Crippen MR) is 99.3 cm³/mol. The average Bonchev–Trinajstić information content (AvgIpc) is 3.23. The molecule has 0 atom stereocenters. The molecule has 0 bridgehead atoms. The number of carbonyl (C=O) groups is 2. The number of ether oxygens (including phenoxy) is 2. The maximum atomic E-state index is 12.3. The minimum Gasteiger partial charge on any atom is -0.496 e. The van der Waals surface area contributed by atoms with Crippen molar-refractivity contribution in [2.45, 2.75) is 19.8 Å². The molecule has 2 aliphatic rings. The molecule has 25 heavy (non-hydrogen) atoms. The lowest BCUT2D eigenvalue weighted by Gasteiger charge is -2.22. The van der Waals surface area contributed by atoms with Gasteiger partial charge in [0.1, 0.15) is 11.5 Å². The van der Waals surface area contributed by atoms with Crippen molar-refractivity contribution < 1.29 is 19.1 Å². The standard InChI is InChI=1S/C18H22N2O4S/c1-4-20-17(21)16(25-18(20)22)10-12-9-15(24-3)13(11-14(12)23-2)19-7-5-6-8-19/h9-11H,4-8H2,1-3H3/b16-10+. The van der Waals surface area contributed by atoms with E-state index in [-0.39, 0.29) is 11.1 Å². The van der Waals surface area contributed by atoms with Gasteiger partial charge in [0, 0.05) is 31.3 Å². The molecule has 0 unspecified atom stereocenters. The maximum Gasteiger partial charge on any atom is 0.293 e. The summed E-state index contributed by atoms with van der Waals surface area (Å²) in [5, 5.41) is -0.238. The zero-order valence-corrected chi connectivity index (χ0v) is 15.5. The number of anilines is 1. The van der Waals surface area contributed by atoms with Gasteiger partial charge in [-0.05, 0) is 43.7 Å². The van der Waals surface area contributed by atoms with Crippen LogP contribution in [0, 0.1) is 0 Å². The van der Waals surface area contributed by atoms with Crippen LogP contribution in [0.1, 0.15) is 25.3 Å². The average molecular weight is 362 g/mol. The molecule has 7 heteroatoms. The lowest BCUT2D eigenvalue weighted by molar-refractivity contribution is -0.122. The summed E-state index contributed by atoms with van der Waals surface area (Å²) in [6.07, 6.45) is 4.03. The van der Waals surface area contributed by atoms with Crippen LogP contribution < -0.4 is 14.4 Å². The smallest absolute Gasteiger partial charge is 0.293 e. The number of benzene rings is 1. The molecule has 2 aliphatic heterocycles. The summed E-state index contributed by atoms with van der Waals surface area (Å²) in [5.74, 6) is 1.14. The largest absolute Gasteiger partial charge is 0.496 e. The van der Waals surface area contributed by atoms with Crippen molar-refractivity contribution in [2.75, 3.05) is 38.8 Å². The normalized spacial score (nSPS) is 19.2. The van der Waals surface area contributed by atoms with E-state index in [2.05, 4.69) is 4.90 Å². The molecule has 1 aromatic carbocycles. The van der Waals surface area contributed by atoms with Crippen LogP contribution in [0.3, 0.4) is 0 Å². The second-order valence-corrected chi connectivity index (χ2v) is 6.88. The Labute approximate surface area is 151 Å². The summed E-state index contributed by atoms with van der Waals surface area (Å²) in [6.45, 7) is 4.15. The minimum atomic E-state index is -0.262. The van der Waals surface area contributed by atoms with Crippen molar-refractivity contribution in [1.82, 2.24) is 4.90 Å². The van der Waals surface area contributed by atoms with E-state index >= 15 is 0 Å². The lowest BCUT2D eigenvalue weighted by atomic mass is 10.1. The molecular formula is C18H22N2O4S. The van der Waals surface area contributed by atoms with Crippen LogP contribution in [0.5, 0.6) is 11.5 Å². The van der Waals surface area contributed by atoms with Crippen molar-refractivity contribution in [1.29, 1.82) is 0 Å². The molecule has 6 nitrogen and oxygen atoms in total. The molecule has 0 saturated carbocycles. The van der Waals surface area contributed by atoms with E-state index in [0.717, 1.165) is 54.7 Å². The van der Waals surface area contributed by atoms with Gasteiger partial charge in [0.05, 0.1) is 24.8 Å². The van der Waals surface area contributed by atoms with Crippen LogP contribution in [-0.2, 0) is 4.79 Å². The molecule has 0 N–H and O–H groups in total. The monoisotopic (exact) mass is 362 g/mol. The second kappa shape index (κ2) is 7.39. The Bertz CT molecular complexity index is 726. The zero-order chi connectivity index (χ0) is 18.0. The van der Waals surface area contributed by atoms with Crippen LogP contribution >= 0.6 is 11.8 Å². The number of methoxy groups -OCH3 is 2. The van der Waals surface area contributed by atoms with Gasteiger partial charge in [0.15, 0.2) is 0 Å². The van der Waals surface area contributed by atoms with Crippen LogP contribution in [-0.4, -0.2) is 49.9 Å². The van der Waals surface area contributed by atoms with Crippen LogP contribution in [0.4, 0.5) is 10.5 Å². The Balaban J connectivity index is 2.00. The molecule has 0 radical (unpaired) electrons. The van der Waals surface area contributed by atoms with Gasteiger partial charge in [-0.15, -0.1) is 0 Å². The van der Waals surface area contributed by atoms with E-state index in [4.69, 9.17) is 9.47 Å². The number of rotatable bonds is 5. The molecule has 2 saturated heterocycles. The summed E-state index contributed by atoms with van der Waals surface area (Å²) < 4.78 is 11.1. The first kappa shape index (κ1) is 17.7. The summed E-state index contributed by atoms with van der Waals surface area (Å²) in [6, 6.07) is 3.81. The first-order chi connectivity index (χ1) is 12.1. The van der Waals surface area contributed by atoms with Gasteiger partial charge in [-0.25, -0.2) is 0 Å².